The number of carbonyl (C=O) groups excluding carboxylic acids is 1. The Morgan fingerprint density at radius 2 is 1.97 bits per heavy atom. The molecule has 0 bridgehead atoms. The summed E-state index contributed by atoms with van der Waals surface area (Å²) in [5, 5.41) is 8.38. The Kier molecular flexibility index (Phi) is 6.35. The Balaban J connectivity index is 1.53. The maximum atomic E-state index is 12.0. The predicted molar refractivity (Wildman–Crippen MR) is 129 cm³/mol. The standard InChI is InChI=1S/C25H29ClN4O2/c26-19-12-20-21(15-30-9-8-27-23(31)16-30)24(18-4-2-1-3-5-18)29-25(20)22(13-19)28-14-17-6-10-32-11-7-17/h1-5,12-13,17,28-29H,6-11,14-16H2,(H,27,31). The van der Waals surface area contributed by atoms with Gasteiger partial charge in [0.25, 0.3) is 0 Å². The van der Waals surface area contributed by atoms with E-state index in [1.54, 1.807) is 0 Å². The molecule has 3 N–H and O–H groups in total. The number of hydrogen-bond acceptors (Lipinski definition) is 4. The van der Waals surface area contributed by atoms with Gasteiger partial charge in [-0.05, 0) is 42.0 Å². The van der Waals surface area contributed by atoms with Gasteiger partial charge >= 0.3 is 0 Å². The molecule has 1 amide bonds. The number of carbonyl (C=O) groups is 1. The van der Waals surface area contributed by atoms with Crippen molar-refractivity contribution in [2.75, 3.05) is 44.7 Å². The summed E-state index contributed by atoms with van der Waals surface area (Å²) in [6, 6.07) is 14.4. The fraction of sp³-hybridized carbons (Fsp3) is 0.400. The number of ether oxygens (including phenoxy) is 1. The van der Waals surface area contributed by atoms with Crippen LogP contribution in [-0.2, 0) is 16.1 Å². The molecule has 1 aromatic heterocycles. The quantitative estimate of drug-likeness (QED) is 0.522. The molecule has 3 aromatic rings. The van der Waals surface area contributed by atoms with Gasteiger partial charge in [0.1, 0.15) is 0 Å². The highest BCUT2D eigenvalue weighted by atomic mass is 35.5. The first-order valence-corrected chi connectivity index (χ1v) is 11.8. The van der Waals surface area contributed by atoms with Gasteiger partial charge in [-0.1, -0.05) is 41.9 Å². The molecule has 6 nitrogen and oxygen atoms in total. The maximum Gasteiger partial charge on any atom is 0.234 e. The Morgan fingerprint density at radius 3 is 2.75 bits per heavy atom. The van der Waals surface area contributed by atoms with Crippen LogP contribution in [0.2, 0.25) is 5.02 Å². The summed E-state index contributed by atoms with van der Waals surface area (Å²) in [5.74, 6) is 0.682. The summed E-state index contributed by atoms with van der Waals surface area (Å²) in [5.41, 5.74) is 5.49. The van der Waals surface area contributed by atoms with E-state index in [2.05, 4.69) is 44.8 Å². The van der Waals surface area contributed by atoms with Crippen LogP contribution in [0.5, 0.6) is 0 Å². The number of nitrogens with one attached hydrogen (secondary N) is 3. The first kappa shape index (κ1) is 21.3. The van der Waals surface area contributed by atoms with E-state index in [1.165, 1.54) is 5.56 Å². The molecular formula is C25H29ClN4O2. The zero-order valence-corrected chi connectivity index (χ0v) is 18.9. The lowest BCUT2D eigenvalue weighted by atomic mass is 10.00. The second-order valence-corrected chi connectivity index (χ2v) is 9.15. The number of hydrogen-bond donors (Lipinski definition) is 3. The van der Waals surface area contributed by atoms with Crippen molar-refractivity contribution in [3.8, 4) is 11.3 Å². The van der Waals surface area contributed by atoms with Crippen LogP contribution in [0.25, 0.3) is 22.2 Å². The number of rotatable bonds is 6. The Hall–Kier alpha value is -2.54. The molecule has 168 valence electrons. The second-order valence-electron chi connectivity index (χ2n) is 8.72. The van der Waals surface area contributed by atoms with Crippen LogP contribution in [0, 0.1) is 5.92 Å². The van der Waals surface area contributed by atoms with E-state index in [1.807, 2.05) is 18.2 Å². The number of fused-ring (bicyclic) bond motifs is 1. The smallest absolute Gasteiger partial charge is 0.234 e. The van der Waals surface area contributed by atoms with Gasteiger partial charge in [-0.3, -0.25) is 9.69 Å². The van der Waals surface area contributed by atoms with Gasteiger partial charge in [-0.2, -0.15) is 0 Å². The van der Waals surface area contributed by atoms with E-state index < -0.39 is 0 Å². The predicted octanol–water partition coefficient (Wildman–Crippen LogP) is 4.26. The highest BCUT2D eigenvalue weighted by Crippen LogP contribution is 2.37. The molecule has 2 aliphatic heterocycles. The second kappa shape index (κ2) is 9.53. The molecule has 7 heteroatoms. The Labute approximate surface area is 193 Å². The summed E-state index contributed by atoms with van der Waals surface area (Å²) in [4.78, 5) is 17.9. The van der Waals surface area contributed by atoms with Gasteiger partial charge in [0.2, 0.25) is 5.91 Å². The van der Waals surface area contributed by atoms with E-state index in [4.69, 9.17) is 16.3 Å². The van der Waals surface area contributed by atoms with Crippen molar-refractivity contribution in [3.05, 3.63) is 53.1 Å². The zero-order chi connectivity index (χ0) is 21.9. The minimum atomic E-state index is 0.0780. The molecular weight excluding hydrogens is 424 g/mol. The molecule has 2 saturated heterocycles. The van der Waals surface area contributed by atoms with E-state index in [-0.39, 0.29) is 5.91 Å². The van der Waals surface area contributed by atoms with Crippen molar-refractivity contribution in [2.24, 2.45) is 5.92 Å². The van der Waals surface area contributed by atoms with Gasteiger partial charge < -0.3 is 20.4 Å². The molecule has 5 rings (SSSR count). The summed E-state index contributed by atoms with van der Waals surface area (Å²) in [6.45, 7) is 5.20. The van der Waals surface area contributed by atoms with Crippen LogP contribution in [0.4, 0.5) is 5.69 Å². The number of piperazine rings is 1. The number of halogens is 1. The molecule has 0 unspecified atom stereocenters. The van der Waals surface area contributed by atoms with Crippen molar-refractivity contribution in [3.63, 3.8) is 0 Å². The minimum Gasteiger partial charge on any atom is -0.383 e. The van der Waals surface area contributed by atoms with Crippen LogP contribution < -0.4 is 10.6 Å². The number of aromatic nitrogens is 1. The molecule has 0 atom stereocenters. The fourth-order valence-corrected chi connectivity index (χ4v) is 4.94. The number of benzene rings is 2. The maximum absolute atomic E-state index is 12.0. The van der Waals surface area contributed by atoms with Crippen LogP contribution in [0.3, 0.4) is 0 Å². The number of nitrogens with zero attached hydrogens (tertiary/aromatic N) is 1. The Morgan fingerprint density at radius 1 is 1.16 bits per heavy atom. The third-order valence-electron chi connectivity index (χ3n) is 6.46. The molecule has 0 radical (unpaired) electrons. The minimum absolute atomic E-state index is 0.0780. The van der Waals surface area contributed by atoms with Crippen molar-refractivity contribution in [2.45, 2.75) is 19.4 Å². The highest BCUT2D eigenvalue weighted by Gasteiger charge is 2.22. The van der Waals surface area contributed by atoms with Gasteiger partial charge in [-0.15, -0.1) is 0 Å². The normalized spacial score (nSPS) is 18.1. The summed E-state index contributed by atoms with van der Waals surface area (Å²) < 4.78 is 5.50. The topological polar surface area (TPSA) is 69.4 Å². The molecule has 0 saturated carbocycles. The Bertz CT molecular complexity index is 1090. The number of anilines is 1. The summed E-state index contributed by atoms with van der Waals surface area (Å²) in [7, 11) is 0. The van der Waals surface area contributed by atoms with Crippen molar-refractivity contribution < 1.29 is 9.53 Å². The van der Waals surface area contributed by atoms with Gasteiger partial charge in [-0.25, -0.2) is 0 Å². The molecule has 2 aromatic carbocycles. The molecule has 0 aliphatic carbocycles. The largest absolute Gasteiger partial charge is 0.383 e. The summed E-state index contributed by atoms with van der Waals surface area (Å²) >= 11 is 6.59. The third kappa shape index (κ3) is 4.63. The average molecular weight is 453 g/mol. The first-order valence-electron chi connectivity index (χ1n) is 11.4. The zero-order valence-electron chi connectivity index (χ0n) is 18.1. The van der Waals surface area contributed by atoms with Crippen LogP contribution >= 0.6 is 11.6 Å². The van der Waals surface area contributed by atoms with E-state index in [0.29, 0.717) is 30.6 Å². The molecule has 2 fully saturated rings. The molecule has 3 heterocycles. The van der Waals surface area contributed by atoms with Crippen LogP contribution in [-0.4, -0.2) is 55.2 Å². The lowest BCUT2D eigenvalue weighted by Gasteiger charge is -2.26. The fourth-order valence-electron chi connectivity index (χ4n) is 4.72. The SMILES string of the molecule is O=C1CN(Cc2c(-c3ccccc3)[nH]c3c(NCC4CCOCC4)cc(Cl)cc23)CCN1. The number of amides is 1. The average Bonchev–Trinajstić information content (AvgIpc) is 3.17. The molecule has 2 aliphatic rings. The first-order chi connectivity index (χ1) is 15.7. The monoisotopic (exact) mass is 452 g/mol. The highest BCUT2D eigenvalue weighted by molar-refractivity contribution is 6.32. The van der Waals surface area contributed by atoms with Gasteiger partial charge in [0, 0.05) is 49.8 Å². The van der Waals surface area contributed by atoms with Gasteiger partial charge in [0.15, 0.2) is 0 Å². The van der Waals surface area contributed by atoms with Gasteiger partial charge in [0.05, 0.1) is 23.4 Å². The van der Waals surface area contributed by atoms with E-state index in [9.17, 15) is 4.79 Å². The molecule has 32 heavy (non-hydrogen) atoms. The van der Waals surface area contributed by atoms with Crippen molar-refractivity contribution in [1.29, 1.82) is 0 Å². The van der Waals surface area contributed by atoms with Crippen molar-refractivity contribution in [1.82, 2.24) is 15.2 Å². The third-order valence-corrected chi connectivity index (χ3v) is 6.68. The number of H-pyrrole nitrogens is 1. The van der Waals surface area contributed by atoms with E-state index >= 15 is 0 Å². The van der Waals surface area contributed by atoms with Crippen molar-refractivity contribution >= 4 is 34.1 Å². The van der Waals surface area contributed by atoms with Crippen LogP contribution in [0.1, 0.15) is 18.4 Å². The molecule has 0 spiro atoms. The lowest BCUT2D eigenvalue weighted by Crippen LogP contribution is -2.47. The number of aromatic amines is 1. The lowest BCUT2D eigenvalue weighted by molar-refractivity contribution is -0.124. The van der Waals surface area contributed by atoms with Crippen LogP contribution in [0.15, 0.2) is 42.5 Å². The summed E-state index contributed by atoms with van der Waals surface area (Å²) in [6.07, 6.45) is 2.16. The van der Waals surface area contributed by atoms with E-state index in [0.717, 1.165) is 67.0 Å².